The number of nitrogens with one attached hydrogen (secondary N) is 1. The third-order valence-corrected chi connectivity index (χ3v) is 5.77. The summed E-state index contributed by atoms with van der Waals surface area (Å²) in [4.78, 5) is 29.8. The molecule has 0 spiro atoms. The summed E-state index contributed by atoms with van der Waals surface area (Å²) in [6.07, 6.45) is 1.63. The lowest BCUT2D eigenvalue weighted by atomic mass is 10.0. The summed E-state index contributed by atoms with van der Waals surface area (Å²) in [5.74, 6) is 1.70. The summed E-state index contributed by atoms with van der Waals surface area (Å²) in [5.41, 5.74) is 1.000. The van der Waals surface area contributed by atoms with Crippen molar-refractivity contribution in [3.63, 3.8) is 0 Å². The predicted molar refractivity (Wildman–Crippen MR) is 107 cm³/mol. The molecule has 1 N–H and O–H groups in total. The zero-order valence-corrected chi connectivity index (χ0v) is 17.6. The maximum Gasteiger partial charge on any atom is 0.410 e. The third kappa shape index (κ3) is 4.93. The number of carbonyl (C=O) groups is 2. The Labute approximate surface area is 172 Å². The van der Waals surface area contributed by atoms with Crippen LogP contribution < -0.4 is 14.4 Å². The topological polar surface area (TPSA) is 72.8 Å². The minimum Gasteiger partial charge on any atom is -0.497 e. The average molecular weight is 407 g/mol. The normalized spacial score (nSPS) is 19.9. The number of piperazine rings is 1. The number of benzene rings is 1. The van der Waals surface area contributed by atoms with Gasteiger partial charge in [0.2, 0.25) is 0 Å². The Kier molecular flexibility index (Phi) is 7.19. The highest BCUT2D eigenvalue weighted by Gasteiger charge is 2.35. The first-order valence-electron chi connectivity index (χ1n) is 10.3. The monoisotopic (exact) mass is 406 g/mol. The maximum atomic E-state index is 13.1. The number of quaternary nitrogens is 1. The van der Waals surface area contributed by atoms with Gasteiger partial charge in [-0.3, -0.25) is 9.69 Å². The van der Waals surface area contributed by atoms with Crippen LogP contribution in [-0.4, -0.2) is 81.9 Å². The first kappa shape index (κ1) is 21.2. The van der Waals surface area contributed by atoms with Crippen molar-refractivity contribution in [3.05, 3.63) is 23.8 Å². The van der Waals surface area contributed by atoms with Gasteiger partial charge in [-0.05, 0) is 38.0 Å². The fourth-order valence-electron chi connectivity index (χ4n) is 4.20. The number of ether oxygens (including phenoxy) is 3. The van der Waals surface area contributed by atoms with Gasteiger partial charge in [-0.25, -0.2) is 4.79 Å². The molecule has 0 aliphatic carbocycles. The smallest absolute Gasteiger partial charge is 0.410 e. The molecular formula is C21H32N3O5+. The quantitative estimate of drug-likeness (QED) is 0.754. The van der Waals surface area contributed by atoms with Gasteiger partial charge in [0, 0.05) is 12.1 Å². The largest absolute Gasteiger partial charge is 0.497 e. The molecule has 8 heteroatoms. The van der Waals surface area contributed by atoms with Crippen LogP contribution in [0.2, 0.25) is 0 Å². The van der Waals surface area contributed by atoms with Gasteiger partial charge >= 0.3 is 6.09 Å². The lowest BCUT2D eigenvalue weighted by Gasteiger charge is -2.33. The van der Waals surface area contributed by atoms with Crippen molar-refractivity contribution in [2.45, 2.75) is 25.8 Å². The molecule has 1 aromatic rings. The Balaban J connectivity index is 1.62. The zero-order valence-electron chi connectivity index (χ0n) is 17.6. The number of nitrogens with zero attached hydrogens (tertiary/aromatic N) is 2. The van der Waals surface area contributed by atoms with E-state index >= 15 is 0 Å². The van der Waals surface area contributed by atoms with Crippen LogP contribution in [0.3, 0.4) is 0 Å². The van der Waals surface area contributed by atoms with E-state index in [2.05, 4.69) is 0 Å². The molecule has 8 nitrogen and oxygen atoms in total. The Morgan fingerprint density at radius 2 is 1.90 bits per heavy atom. The number of hydrogen-bond acceptors (Lipinski definition) is 5. The van der Waals surface area contributed by atoms with E-state index in [1.54, 1.807) is 19.1 Å². The molecule has 0 radical (unpaired) electrons. The summed E-state index contributed by atoms with van der Waals surface area (Å²) in [5, 5.41) is 0. The van der Waals surface area contributed by atoms with Gasteiger partial charge < -0.3 is 24.0 Å². The molecule has 0 aromatic heterocycles. The van der Waals surface area contributed by atoms with Crippen LogP contribution in [-0.2, 0) is 9.53 Å². The number of methoxy groups -OCH3 is 2. The number of carbonyl (C=O) groups excluding carboxylic acids is 2. The number of rotatable bonds is 6. The van der Waals surface area contributed by atoms with Gasteiger partial charge in [-0.1, -0.05) is 0 Å². The number of hydrogen-bond donors (Lipinski definition) is 1. The lowest BCUT2D eigenvalue weighted by Crippen LogP contribution is -3.15. The molecule has 2 heterocycles. The average Bonchev–Trinajstić information content (AvgIpc) is 3.24. The van der Waals surface area contributed by atoms with Crippen LogP contribution >= 0.6 is 0 Å². The third-order valence-electron chi connectivity index (χ3n) is 5.77. The SMILES string of the molecule is CCOC(=O)N1CC[NH+](CC(=O)N2CCC[C@@H]2c2cc(OC)ccc2OC)CC1. The van der Waals surface area contributed by atoms with Crippen molar-refractivity contribution in [3.8, 4) is 11.5 Å². The highest BCUT2D eigenvalue weighted by molar-refractivity contribution is 5.78. The van der Waals surface area contributed by atoms with Gasteiger partial charge in [0.05, 0.1) is 53.0 Å². The number of likely N-dealkylation sites (tertiary alicyclic amines) is 1. The molecular weight excluding hydrogens is 374 g/mol. The molecule has 29 heavy (non-hydrogen) atoms. The molecule has 2 aliphatic rings. The standard InChI is InChI=1S/C21H31N3O5/c1-4-29-21(26)23-12-10-22(11-13-23)15-20(25)24-9-5-6-18(24)17-14-16(27-2)7-8-19(17)28-3/h7-8,14,18H,4-6,9-13,15H2,1-3H3/p+1/t18-/m1/s1. The van der Waals surface area contributed by atoms with Gasteiger partial charge in [-0.15, -0.1) is 0 Å². The van der Waals surface area contributed by atoms with Crippen LogP contribution in [0.4, 0.5) is 4.79 Å². The van der Waals surface area contributed by atoms with E-state index in [0.29, 0.717) is 26.2 Å². The Bertz CT molecular complexity index is 718. The van der Waals surface area contributed by atoms with Crippen molar-refractivity contribution in [1.29, 1.82) is 0 Å². The van der Waals surface area contributed by atoms with Crippen LogP contribution in [0, 0.1) is 0 Å². The summed E-state index contributed by atoms with van der Waals surface area (Å²) < 4.78 is 16.0. The molecule has 1 atom stereocenters. The molecule has 160 valence electrons. The highest BCUT2D eigenvalue weighted by atomic mass is 16.6. The second-order valence-electron chi connectivity index (χ2n) is 7.47. The van der Waals surface area contributed by atoms with Crippen molar-refractivity contribution < 1.29 is 28.7 Å². The minimum atomic E-state index is -0.261. The van der Waals surface area contributed by atoms with E-state index in [-0.39, 0.29) is 18.0 Å². The molecule has 0 saturated carbocycles. The minimum absolute atomic E-state index is 0.00720. The van der Waals surface area contributed by atoms with E-state index in [1.165, 1.54) is 4.90 Å². The van der Waals surface area contributed by atoms with E-state index in [9.17, 15) is 9.59 Å². The van der Waals surface area contributed by atoms with Crippen LogP contribution in [0.5, 0.6) is 11.5 Å². The fourth-order valence-corrected chi connectivity index (χ4v) is 4.20. The molecule has 2 saturated heterocycles. The molecule has 2 amide bonds. The van der Waals surface area contributed by atoms with Gasteiger partial charge in [-0.2, -0.15) is 0 Å². The van der Waals surface area contributed by atoms with E-state index in [0.717, 1.165) is 49.5 Å². The summed E-state index contributed by atoms with van der Waals surface area (Å²) in [7, 11) is 3.29. The zero-order chi connectivity index (χ0) is 20.8. The first-order valence-corrected chi connectivity index (χ1v) is 10.3. The lowest BCUT2D eigenvalue weighted by molar-refractivity contribution is -0.896. The fraction of sp³-hybridized carbons (Fsp3) is 0.619. The summed E-state index contributed by atoms with van der Waals surface area (Å²) >= 11 is 0. The Morgan fingerprint density at radius 3 is 2.55 bits per heavy atom. The van der Waals surface area contributed by atoms with Gasteiger partial charge in [0.15, 0.2) is 6.54 Å². The Morgan fingerprint density at radius 1 is 1.14 bits per heavy atom. The number of amides is 2. The maximum absolute atomic E-state index is 13.1. The second kappa shape index (κ2) is 9.82. The summed E-state index contributed by atoms with van der Waals surface area (Å²) in [6, 6.07) is 5.75. The molecule has 1 aromatic carbocycles. The van der Waals surface area contributed by atoms with Crippen molar-refractivity contribution in [1.82, 2.24) is 9.80 Å². The predicted octanol–water partition coefficient (Wildman–Crippen LogP) is 0.724. The van der Waals surface area contributed by atoms with Crippen molar-refractivity contribution in [2.24, 2.45) is 0 Å². The van der Waals surface area contributed by atoms with E-state index in [1.807, 2.05) is 30.0 Å². The van der Waals surface area contributed by atoms with E-state index < -0.39 is 0 Å². The summed E-state index contributed by atoms with van der Waals surface area (Å²) in [6.45, 7) is 6.14. The van der Waals surface area contributed by atoms with E-state index in [4.69, 9.17) is 14.2 Å². The molecule has 0 unspecified atom stereocenters. The van der Waals surface area contributed by atoms with Crippen LogP contribution in [0.1, 0.15) is 31.4 Å². The van der Waals surface area contributed by atoms with Gasteiger partial charge in [0.25, 0.3) is 5.91 Å². The second-order valence-corrected chi connectivity index (χ2v) is 7.47. The van der Waals surface area contributed by atoms with Gasteiger partial charge in [0.1, 0.15) is 11.5 Å². The first-order chi connectivity index (χ1) is 14.1. The van der Waals surface area contributed by atoms with Crippen LogP contribution in [0.25, 0.3) is 0 Å². The molecule has 2 fully saturated rings. The van der Waals surface area contributed by atoms with Crippen molar-refractivity contribution in [2.75, 3.05) is 60.1 Å². The molecule has 3 rings (SSSR count). The Hall–Kier alpha value is -2.48. The molecule has 0 bridgehead atoms. The van der Waals surface area contributed by atoms with Crippen molar-refractivity contribution >= 4 is 12.0 Å². The van der Waals surface area contributed by atoms with Crippen LogP contribution in [0.15, 0.2) is 18.2 Å². The highest BCUT2D eigenvalue weighted by Crippen LogP contribution is 2.38. The molecule has 2 aliphatic heterocycles.